The van der Waals surface area contributed by atoms with E-state index < -0.39 is 0 Å². The maximum atomic E-state index is 12.5. The molecule has 0 atom stereocenters. The fraction of sp³-hybridized carbons (Fsp3) is 0.308. The second-order valence-corrected chi connectivity index (χ2v) is 5.93. The van der Waals surface area contributed by atoms with Gasteiger partial charge in [-0.1, -0.05) is 11.6 Å². The summed E-state index contributed by atoms with van der Waals surface area (Å²) in [5.41, 5.74) is 6.47. The van der Waals surface area contributed by atoms with Crippen LogP contribution in [0.2, 0.25) is 5.15 Å². The van der Waals surface area contributed by atoms with Crippen LogP contribution in [0.3, 0.4) is 0 Å². The Balaban J connectivity index is 1.69. The number of anilines is 2. The summed E-state index contributed by atoms with van der Waals surface area (Å²) in [4.78, 5) is 24.6. The molecule has 1 aliphatic heterocycles. The van der Waals surface area contributed by atoms with Crippen LogP contribution in [0.15, 0.2) is 23.8 Å². The van der Waals surface area contributed by atoms with Gasteiger partial charge in [-0.3, -0.25) is 4.79 Å². The van der Waals surface area contributed by atoms with Gasteiger partial charge in [-0.15, -0.1) is 11.3 Å². The minimum absolute atomic E-state index is 0.126. The molecular formula is C13H14ClN5OS. The Bertz CT molecular complexity index is 640. The minimum atomic E-state index is -0.126. The Morgan fingerprint density at radius 1 is 1.29 bits per heavy atom. The Labute approximate surface area is 131 Å². The van der Waals surface area contributed by atoms with Crippen molar-refractivity contribution in [2.75, 3.05) is 36.8 Å². The predicted octanol–water partition coefficient (Wildman–Crippen LogP) is 1.74. The summed E-state index contributed by atoms with van der Waals surface area (Å²) in [7, 11) is 0. The first-order chi connectivity index (χ1) is 10.1. The van der Waals surface area contributed by atoms with E-state index >= 15 is 0 Å². The Hall–Kier alpha value is -1.86. The van der Waals surface area contributed by atoms with Crippen LogP contribution in [0.1, 0.15) is 10.4 Å². The number of nitrogens with two attached hydrogens (primary N) is 1. The van der Waals surface area contributed by atoms with Crippen LogP contribution >= 0.6 is 22.9 Å². The highest BCUT2D eigenvalue weighted by Crippen LogP contribution is 2.21. The van der Waals surface area contributed by atoms with Crippen molar-refractivity contribution in [3.05, 3.63) is 34.6 Å². The number of halogens is 1. The minimum Gasteiger partial charge on any atom is -0.397 e. The van der Waals surface area contributed by atoms with Gasteiger partial charge in [0, 0.05) is 37.8 Å². The quantitative estimate of drug-likeness (QED) is 0.852. The van der Waals surface area contributed by atoms with E-state index in [2.05, 4.69) is 14.9 Å². The molecule has 21 heavy (non-hydrogen) atoms. The van der Waals surface area contributed by atoms with Crippen molar-refractivity contribution in [3.63, 3.8) is 0 Å². The molecule has 110 valence electrons. The molecule has 0 radical (unpaired) electrons. The number of aromatic nitrogens is 2. The summed E-state index contributed by atoms with van der Waals surface area (Å²) in [6, 6.07) is 1.57. The van der Waals surface area contributed by atoms with Crippen molar-refractivity contribution in [1.82, 2.24) is 14.9 Å². The van der Waals surface area contributed by atoms with Gasteiger partial charge >= 0.3 is 0 Å². The van der Waals surface area contributed by atoms with E-state index in [4.69, 9.17) is 17.3 Å². The smallest absolute Gasteiger partial charge is 0.257 e. The Morgan fingerprint density at radius 3 is 2.71 bits per heavy atom. The lowest BCUT2D eigenvalue weighted by atomic mass is 10.2. The average Bonchev–Trinajstić information content (AvgIpc) is 3.03. The van der Waals surface area contributed by atoms with Gasteiger partial charge in [0.25, 0.3) is 5.91 Å². The summed E-state index contributed by atoms with van der Waals surface area (Å²) >= 11 is 7.59. The number of thiazole rings is 1. The number of piperazine rings is 1. The topological polar surface area (TPSA) is 75.3 Å². The third-order valence-corrected chi connectivity index (χ3v) is 4.48. The van der Waals surface area contributed by atoms with Crippen molar-refractivity contribution in [1.29, 1.82) is 0 Å². The van der Waals surface area contributed by atoms with Crippen LogP contribution in [-0.2, 0) is 0 Å². The monoisotopic (exact) mass is 323 g/mol. The predicted molar refractivity (Wildman–Crippen MR) is 83.9 cm³/mol. The number of nitrogen functional groups attached to an aromatic ring is 1. The molecular weight excluding hydrogens is 310 g/mol. The maximum absolute atomic E-state index is 12.5. The third kappa shape index (κ3) is 2.93. The van der Waals surface area contributed by atoms with Gasteiger partial charge in [-0.25, -0.2) is 9.97 Å². The van der Waals surface area contributed by atoms with Crippen molar-refractivity contribution in [2.24, 2.45) is 0 Å². The standard InChI is InChI=1S/C13H14ClN5OS/c14-11-10(7-9(15)8-17-11)12(20)18-2-4-19(5-3-18)13-16-1-6-21-13/h1,6-8H,2-5,15H2. The third-order valence-electron chi connectivity index (χ3n) is 3.35. The second kappa shape index (κ2) is 5.87. The van der Waals surface area contributed by atoms with Gasteiger partial charge in [-0.05, 0) is 6.07 Å². The van der Waals surface area contributed by atoms with Crippen molar-refractivity contribution in [3.8, 4) is 0 Å². The molecule has 3 rings (SSSR count). The van der Waals surface area contributed by atoms with Gasteiger partial charge in [0.2, 0.25) is 0 Å². The highest BCUT2D eigenvalue weighted by molar-refractivity contribution is 7.13. The van der Waals surface area contributed by atoms with Crippen LogP contribution in [0.5, 0.6) is 0 Å². The first-order valence-electron chi connectivity index (χ1n) is 6.50. The molecule has 3 heterocycles. The van der Waals surface area contributed by atoms with Crippen LogP contribution in [-0.4, -0.2) is 47.0 Å². The molecule has 1 saturated heterocycles. The average molecular weight is 324 g/mol. The summed E-state index contributed by atoms with van der Waals surface area (Å²) in [5.74, 6) is -0.126. The number of amides is 1. The normalized spacial score (nSPS) is 15.3. The van der Waals surface area contributed by atoms with E-state index in [9.17, 15) is 4.79 Å². The van der Waals surface area contributed by atoms with Crippen molar-refractivity contribution in [2.45, 2.75) is 0 Å². The van der Waals surface area contributed by atoms with E-state index in [1.165, 1.54) is 6.20 Å². The molecule has 6 nitrogen and oxygen atoms in total. The highest BCUT2D eigenvalue weighted by Gasteiger charge is 2.25. The van der Waals surface area contributed by atoms with Gasteiger partial charge in [0.05, 0.1) is 17.4 Å². The van der Waals surface area contributed by atoms with Gasteiger partial charge in [0.15, 0.2) is 5.13 Å². The number of rotatable bonds is 2. The molecule has 0 aromatic carbocycles. The number of hydrogen-bond acceptors (Lipinski definition) is 6. The fourth-order valence-corrected chi connectivity index (χ4v) is 3.14. The summed E-state index contributed by atoms with van der Waals surface area (Å²) in [6.45, 7) is 2.77. The number of pyridine rings is 1. The maximum Gasteiger partial charge on any atom is 0.257 e. The lowest BCUT2D eigenvalue weighted by Gasteiger charge is -2.34. The molecule has 0 spiro atoms. The van der Waals surface area contributed by atoms with E-state index in [1.54, 1.807) is 28.5 Å². The van der Waals surface area contributed by atoms with Gasteiger partial charge < -0.3 is 15.5 Å². The number of hydrogen-bond donors (Lipinski definition) is 1. The van der Waals surface area contributed by atoms with Crippen LogP contribution < -0.4 is 10.6 Å². The Kier molecular flexibility index (Phi) is 3.94. The van der Waals surface area contributed by atoms with Crippen LogP contribution in [0.25, 0.3) is 0 Å². The molecule has 2 aromatic rings. The largest absolute Gasteiger partial charge is 0.397 e. The van der Waals surface area contributed by atoms with E-state index in [1.807, 2.05) is 5.38 Å². The van der Waals surface area contributed by atoms with E-state index in [-0.39, 0.29) is 11.1 Å². The van der Waals surface area contributed by atoms with Crippen molar-refractivity contribution < 1.29 is 4.79 Å². The van der Waals surface area contributed by atoms with Crippen LogP contribution in [0, 0.1) is 0 Å². The van der Waals surface area contributed by atoms with Gasteiger partial charge in [0.1, 0.15) is 5.15 Å². The molecule has 0 bridgehead atoms. The first-order valence-corrected chi connectivity index (χ1v) is 7.75. The zero-order chi connectivity index (χ0) is 14.8. The lowest BCUT2D eigenvalue weighted by Crippen LogP contribution is -2.48. The fourth-order valence-electron chi connectivity index (χ4n) is 2.26. The van der Waals surface area contributed by atoms with Crippen molar-refractivity contribution >= 4 is 39.7 Å². The lowest BCUT2D eigenvalue weighted by molar-refractivity contribution is 0.0746. The molecule has 1 aliphatic rings. The van der Waals surface area contributed by atoms with Crippen LogP contribution in [0.4, 0.5) is 10.8 Å². The zero-order valence-corrected chi connectivity index (χ0v) is 12.8. The molecule has 1 amide bonds. The molecule has 0 unspecified atom stereocenters. The zero-order valence-electron chi connectivity index (χ0n) is 11.2. The van der Waals surface area contributed by atoms with E-state index in [0.717, 1.165) is 18.2 Å². The molecule has 2 aromatic heterocycles. The Morgan fingerprint density at radius 2 is 2.05 bits per heavy atom. The number of carbonyl (C=O) groups is 1. The van der Waals surface area contributed by atoms with E-state index in [0.29, 0.717) is 24.3 Å². The number of nitrogens with zero attached hydrogens (tertiary/aromatic N) is 4. The number of carbonyl (C=O) groups excluding carboxylic acids is 1. The molecule has 0 aliphatic carbocycles. The second-order valence-electron chi connectivity index (χ2n) is 4.70. The first kappa shape index (κ1) is 14.1. The summed E-state index contributed by atoms with van der Waals surface area (Å²) in [6.07, 6.45) is 3.23. The molecule has 8 heteroatoms. The molecule has 0 saturated carbocycles. The molecule has 2 N–H and O–H groups in total. The molecule has 1 fully saturated rings. The summed E-state index contributed by atoms with van der Waals surface area (Å²) in [5, 5.41) is 3.13. The highest BCUT2D eigenvalue weighted by atomic mass is 35.5. The van der Waals surface area contributed by atoms with Gasteiger partial charge in [-0.2, -0.15) is 0 Å². The SMILES string of the molecule is Nc1cnc(Cl)c(C(=O)N2CCN(c3nccs3)CC2)c1. The summed E-state index contributed by atoms with van der Waals surface area (Å²) < 4.78 is 0.